The minimum atomic E-state index is -0.985. The fourth-order valence-electron chi connectivity index (χ4n) is 3.66. The minimum Gasteiger partial charge on any atom is -0.487 e. The van der Waals surface area contributed by atoms with Gasteiger partial charge in [-0.3, -0.25) is 24.7 Å². The maximum Gasteiger partial charge on any atom is 0.306 e. The Hall–Kier alpha value is -4.34. The Morgan fingerprint density at radius 3 is 2.82 bits per heavy atom. The molecule has 9 nitrogen and oxygen atoms in total. The van der Waals surface area contributed by atoms with Crippen molar-refractivity contribution in [3.05, 3.63) is 94.0 Å². The second kappa shape index (κ2) is 10.1. The zero-order valence-electron chi connectivity index (χ0n) is 18.0. The van der Waals surface area contributed by atoms with Crippen molar-refractivity contribution in [1.82, 2.24) is 10.3 Å². The smallest absolute Gasteiger partial charge is 0.306 e. The number of benzene rings is 2. The van der Waals surface area contributed by atoms with Gasteiger partial charge >= 0.3 is 5.69 Å². The number of carbonyl (C=O) groups is 2. The van der Waals surface area contributed by atoms with E-state index in [9.17, 15) is 24.1 Å². The van der Waals surface area contributed by atoms with E-state index in [4.69, 9.17) is 4.74 Å². The van der Waals surface area contributed by atoms with Gasteiger partial charge in [0.25, 0.3) is 0 Å². The Morgan fingerprint density at radius 1 is 1.21 bits per heavy atom. The quantitative estimate of drug-likeness (QED) is 0.404. The molecule has 1 saturated heterocycles. The topological polar surface area (TPSA) is 115 Å². The van der Waals surface area contributed by atoms with Crippen LogP contribution in [-0.4, -0.2) is 28.3 Å². The number of halogens is 1. The highest BCUT2D eigenvalue weighted by Gasteiger charge is 2.35. The lowest BCUT2D eigenvalue weighted by atomic mass is 10.1. The third-order valence-electron chi connectivity index (χ3n) is 5.41. The van der Waals surface area contributed by atoms with Crippen molar-refractivity contribution in [1.29, 1.82) is 0 Å². The van der Waals surface area contributed by atoms with Crippen LogP contribution in [0, 0.1) is 21.8 Å². The highest BCUT2D eigenvalue weighted by molar-refractivity contribution is 6.00. The summed E-state index contributed by atoms with van der Waals surface area (Å²) in [5.41, 5.74) is 1.08. The summed E-state index contributed by atoms with van der Waals surface area (Å²) < 4.78 is 19.4. The molecule has 0 spiro atoms. The van der Waals surface area contributed by atoms with E-state index < -0.39 is 22.3 Å². The number of rotatable bonds is 8. The normalized spacial score (nSPS) is 15.3. The van der Waals surface area contributed by atoms with Gasteiger partial charge < -0.3 is 15.0 Å². The molecule has 3 aromatic rings. The summed E-state index contributed by atoms with van der Waals surface area (Å²) in [6.45, 7) is 0.616. The van der Waals surface area contributed by atoms with Crippen molar-refractivity contribution < 1.29 is 23.6 Å². The van der Waals surface area contributed by atoms with Crippen LogP contribution in [0.4, 0.5) is 15.8 Å². The summed E-state index contributed by atoms with van der Waals surface area (Å²) in [6, 6.07) is 16.1. The second-order valence-electron chi connectivity index (χ2n) is 7.77. The SMILES string of the molecule is O=C(NCc1cccc(OCc2ccccn2)c1)C1CC(=O)N(c2ccc(F)c([N+](=O)[O-])c2)C1. The number of nitrogens with one attached hydrogen (secondary N) is 1. The maximum absolute atomic E-state index is 13.6. The molecule has 1 fully saturated rings. The molecule has 2 amide bonds. The molecule has 4 rings (SSSR count). The molecule has 1 atom stereocenters. The molecule has 10 heteroatoms. The fourth-order valence-corrected chi connectivity index (χ4v) is 3.66. The van der Waals surface area contributed by atoms with Crippen molar-refractivity contribution in [3.63, 3.8) is 0 Å². The van der Waals surface area contributed by atoms with Gasteiger partial charge in [0.2, 0.25) is 17.6 Å². The molecule has 0 radical (unpaired) electrons. The Balaban J connectivity index is 1.34. The monoisotopic (exact) mass is 464 g/mol. The summed E-state index contributed by atoms with van der Waals surface area (Å²) in [5.74, 6) is -1.64. The highest BCUT2D eigenvalue weighted by Crippen LogP contribution is 2.29. The van der Waals surface area contributed by atoms with E-state index in [0.29, 0.717) is 12.4 Å². The average molecular weight is 464 g/mol. The molecule has 2 aromatic carbocycles. The first-order valence-corrected chi connectivity index (χ1v) is 10.5. The van der Waals surface area contributed by atoms with E-state index in [0.717, 1.165) is 23.4 Å². The summed E-state index contributed by atoms with van der Waals surface area (Å²) >= 11 is 0. The predicted octanol–water partition coefficient (Wildman–Crippen LogP) is 3.38. The van der Waals surface area contributed by atoms with Gasteiger partial charge in [-0.05, 0) is 42.0 Å². The van der Waals surface area contributed by atoms with Crippen LogP contribution in [0.1, 0.15) is 17.7 Å². The highest BCUT2D eigenvalue weighted by atomic mass is 19.1. The van der Waals surface area contributed by atoms with Crippen LogP contribution < -0.4 is 15.0 Å². The molecule has 1 aromatic heterocycles. The van der Waals surface area contributed by atoms with Gasteiger partial charge in [-0.1, -0.05) is 18.2 Å². The van der Waals surface area contributed by atoms with Crippen LogP contribution in [0.5, 0.6) is 5.75 Å². The number of amides is 2. The number of anilines is 1. The number of nitro benzene ring substituents is 1. The largest absolute Gasteiger partial charge is 0.487 e. The number of ether oxygens (including phenoxy) is 1. The number of nitrogens with zero attached hydrogens (tertiary/aromatic N) is 3. The first kappa shape index (κ1) is 22.8. The van der Waals surface area contributed by atoms with Gasteiger partial charge in [0.05, 0.1) is 22.2 Å². The van der Waals surface area contributed by atoms with Gasteiger partial charge in [0, 0.05) is 31.8 Å². The summed E-state index contributed by atoms with van der Waals surface area (Å²) in [4.78, 5) is 40.7. The molecular formula is C24H21FN4O5. The van der Waals surface area contributed by atoms with Gasteiger partial charge in [0.1, 0.15) is 12.4 Å². The molecule has 1 N–H and O–H groups in total. The van der Waals surface area contributed by atoms with Crippen LogP contribution in [0.15, 0.2) is 66.9 Å². The van der Waals surface area contributed by atoms with Crippen molar-refractivity contribution in [2.45, 2.75) is 19.6 Å². The second-order valence-corrected chi connectivity index (χ2v) is 7.77. The van der Waals surface area contributed by atoms with Crippen molar-refractivity contribution in [2.75, 3.05) is 11.4 Å². The van der Waals surface area contributed by atoms with Crippen molar-refractivity contribution >= 4 is 23.2 Å². The first-order valence-electron chi connectivity index (χ1n) is 10.5. The zero-order chi connectivity index (χ0) is 24.1. The fraction of sp³-hybridized carbons (Fsp3) is 0.208. The van der Waals surface area contributed by atoms with E-state index in [-0.39, 0.29) is 37.0 Å². The van der Waals surface area contributed by atoms with E-state index in [2.05, 4.69) is 10.3 Å². The minimum absolute atomic E-state index is 0.0375. The average Bonchev–Trinajstić information content (AvgIpc) is 3.24. The van der Waals surface area contributed by atoms with Crippen LogP contribution in [-0.2, 0) is 22.7 Å². The van der Waals surface area contributed by atoms with Crippen LogP contribution in [0.2, 0.25) is 0 Å². The Labute approximate surface area is 194 Å². The van der Waals surface area contributed by atoms with Gasteiger partial charge in [0.15, 0.2) is 0 Å². The molecule has 174 valence electrons. The standard InChI is InChI=1S/C24H21FN4O5/c25-21-8-7-19(12-22(21)29(32)33)28-14-17(11-23(28)30)24(31)27-13-16-4-3-6-20(10-16)34-15-18-5-1-2-9-26-18/h1-10,12,17H,11,13-15H2,(H,27,31). The summed E-state index contributed by atoms with van der Waals surface area (Å²) in [5, 5.41) is 13.8. The number of nitro groups is 1. The Kier molecular flexibility index (Phi) is 6.77. The molecule has 34 heavy (non-hydrogen) atoms. The Morgan fingerprint density at radius 2 is 2.06 bits per heavy atom. The molecule has 0 bridgehead atoms. The van der Waals surface area contributed by atoms with E-state index in [1.807, 2.05) is 42.5 Å². The van der Waals surface area contributed by atoms with Crippen LogP contribution in [0.3, 0.4) is 0 Å². The molecule has 1 aliphatic rings. The maximum atomic E-state index is 13.6. The molecule has 0 saturated carbocycles. The summed E-state index contributed by atoms with van der Waals surface area (Å²) in [6.07, 6.45) is 1.65. The van der Waals surface area contributed by atoms with E-state index in [1.54, 1.807) is 6.20 Å². The number of aromatic nitrogens is 1. The lowest BCUT2D eigenvalue weighted by molar-refractivity contribution is -0.387. The third-order valence-corrected chi connectivity index (χ3v) is 5.41. The number of hydrogen-bond acceptors (Lipinski definition) is 6. The molecule has 1 aliphatic heterocycles. The van der Waals surface area contributed by atoms with E-state index in [1.165, 1.54) is 11.0 Å². The Bertz CT molecular complexity index is 1220. The molecule has 0 aliphatic carbocycles. The van der Waals surface area contributed by atoms with Gasteiger partial charge in [-0.2, -0.15) is 4.39 Å². The zero-order valence-corrected chi connectivity index (χ0v) is 18.0. The third kappa shape index (κ3) is 5.34. The van der Waals surface area contributed by atoms with Crippen molar-refractivity contribution in [3.8, 4) is 5.75 Å². The van der Waals surface area contributed by atoms with Gasteiger partial charge in [-0.15, -0.1) is 0 Å². The van der Waals surface area contributed by atoms with Crippen LogP contribution in [0.25, 0.3) is 0 Å². The summed E-state index contributed by atoms with van der Waals surface area (Å²) in [7, 11) is 0. The number of pyridine rings is 1. The first-order chi connectivity index (χ1) is 16.4. The molecule has 1 unspecified atom stereocenters. The van der Waals surface area contributed by atoms with Crippen molar-refractivity contribution in [2.24, 2.45) is 5.92 Å². The number of hydrogen-bond donors (Lipinski definition) is 1. The molecular weight excluding hydrogens is 443 g/mol. The van der Waals surface area contributed by atoms with Crippen LogP contribution >= 0.6 is 0 Å². The van der Waals surface area contributed by atoms with E-state index >= 15 is 0 Å². The predicted molar refractivity (Wildman–Crippen MR) is 120 cm³/mol. The van der Waals surface area contributed by atoms with Gasteiger partial charge in [-0.25, -0.2) is 0 Å². The molecule has 2 heterocycles. The lowest BCUT2D eigenvalue weighted by Crippen LogP contribution is -2.32. The lowest BCUT2D eigenvalue weighted by Gasteiger charge is -2.16. The number of carbonyl (C=O) groups excluding carboxylic acids is 2.